The summed E-state index contributed by atoms with van der Waals surface area (Å²) in [6, 6.07) is 0. The summed E-state index contributed by atoms with van der Waals surface area (Å²) in [5, 5.41) is 22.8. The fourth-order valence-corrected chi connectivity index (χ4v) is 8.59. The van der Waals surface area contributed by atoms with Gasteiger partial charge in [-0.15, -0.1) is 0 Å². The Morgan fingerprint density at radius 2 is 1.72 bits per heavy atom. The molecule has 4 aliphatic carbocycles. The van der Waals surface area contributed by atoms with Crippen LogP contribution in [0.1, 0.15) is 60.8 Å². The predicted molar refractivity (Wildman–Crippen MR) is 114 cm³/mol. The highest BCUT2D eigenvalue weighted by molar-refractivity contribution is 6.05. The maximum absolute atomic E-state index is 13.9. The van der Waals surface area contributed by atoms with E-state index >= 15 is 0 Å². The largest absolute Gasteiger partial charge is 0.462 e. The summed E-state index contributed by atoms with van der Waals surface area (Å²) in [6.07, 6.45) is -1.75. The van der Waals surface area contributed by atoms with Gasteiger partial charge in [0.2, 0.25) is 0 Å². The van der Waals surface area contributed by atoms with Crippen LogP contribution in [0.2, 0.25) is 0 Å². The van der Waals surface area contributed by atoms with Crippen molar-refractivity contribution >= 4 is 11.8 Å². The summed E-state index contributed by atoms with van der Waals surface area (Å²) in [7, 11) is 0. The predicted octanol–water partition coefficient (Wildman–Crippen LogP) is 2.38. The van der Waals surface area contributed by atoms with Gasteiger partial charge in [-0.3, -0.25) is 9.59 Å². The van der Waals surface area contributed by atoms with Crippen LogP contribution in [-0.4, -0.2) is 58.3 Å². The average Bonchev–Trinajstić information content (AvgIpc) is 2.81. The number of fused-ring (bicyclic) bond motifs is 2. The van der Waals surface area contributed by atoms with Gasteiger partial charge in [0.15, 0.2) is 11.6 Å². The van der Waals surface area contributed by atoms with Crippen molar-refractivity contribution in [2.75, 3.05) is 0 Å². The minimum absolute atomic E-state index is 0.0821. The second kappa shape index (κ2) is 6.44. The molecule has 0 amide bonds. The molecule has 5 rings (SSSR count). The zero-order valence-electron chi connectivity index (χ0n) is 19.9. The van der Waals surface area contributed by atoms with Crippen LogP contribution < -0.4 is 0 Å². The molecule has 1 spiro atoms. The number of rotatable bonds is 1. The molecule has 0 aromatic carbocycles. The van der Waals surface area contributed by atoms with Crippen molar-refractivity contribution in [1.82, 2.24) is 0 Å². The maximum atomic E-state index is 13.9. The highest BCUT2D eigenvalue weighted by Crippen LogP contribution is 2.73. The Labute approximate surface area is 189 Å². The Bertz CT molecular complexity index is 893. The molecule has 2 bridgehead atoms. The van der Waals surface area contributed by atoms with Crippen molar-refractivity contribution in [3.05, 3.63) is 12.2 Å². The highest BCUT2D eigenvalue weighted by atomic mass is 16.7. The molecule has 0 aromatic rings. The monoisotopic (exact) mass is 448 g/mol. The lowest BCUT2D eigenvalue weighted by molar-refractivity contribution is -0.392. The summed E-state index contributed by atoms with van der Waals surface area (Å²) >= 11 is 0. The summed E-state index contributed by atoms with van der Waals surface area (Å²) in [5.41, 5.74) is -1.69. The number of aliphatic hydroxyl groups excluding tert-OH is 2. The SMILES string of the molecule is C=C1C(=O)[C@@]23[C@@H]4OC(C)(C)O[C@@H]2C[C@@H]2C(C)(C)[C@@H](OC(C)=O)C[C@H](O)[C@@]2(C)[C@@H]3C[C@H](O)[C@@H]14. The topological polar surface area (TPSA) is 102 Å². The molecular weight excluding hydrogens is 412 g/mol. The zero-order chi connectivity index (χ0) is 23.6. The van der Waals surface area contributed by atoms with Gasteiger partial charge in [0.1, 0.15) is 6.10 Å². The summed E-state index contributed by atoms with van der Waals surface area (Å²) < 4.78 is 18.5. The van der Waals surface area contributed by atoms with Crippen molar-refractivity contribution in [3.63, 3.8) is 0 Å². The molecule has 4 saturated carbocycles. The first-order chi connectivity index (χ1) is 14.7. The quantitative estimate of drug-likeness (QED) is 0.469. The van der Waals surface area contributed by atoms with E-state index in [2.05, 4.69) is 20.4 Å². The van der Waals surface area contributed by atoms with Gasteiger partial charge >= 0.3 is 5.97 Å². The van der Waals surface area contributed by atoms with E-state index in [1.165, 1.54) is 6.92 Å². The fourth-order valence-electron chi connectivity index (χ4n) is 8.59. The van der Waals surface area contributed by atoms with Crippen molar-refractivity contribution < 1.29 is 34.0 Å². The van der Waals surface area contributed by atoms with Crippen LogP contribution in [0.5, 0.6) is 0 Å². The molecule has 1 saturated heterocycles. The van der Waals surface area contributed by atoms with E-state index in [-0.39, 0.29) is 23.6 Å². The molecule has 10 atom stereocenters. The molecule has 32 heavy (non-hydrogen) atoms. The lowest BCUT2D eigenvalue weighted by Gasteiger charge is -2.70. The molecular formula is C25H36O7. The molecule has 0 aromatic heterocycles. The molecule has 7 heteroatoms. The molecule has 5 fully saturated rings. The fraction of sp³-hybridized carbons (Fsp3) is 0.840. The zero-order valence-corrected chi connectivity index (χ0v) is 19.9. The van der Waals surface area contributed by atoms with Crippen molar-refractivity contribution in [2.45, 2.75) is 97.1 Å². The molecule has 7 nitrogen and oxygen atoms in total. The number of carbonyl (C=O) groups excluding carboxylic acids is 2. The summed E-state index contributed by atoms with van der Waals surface area (Å²) in [5.74, 6) is -2.25. The van der Waals surface area contributed by atoms with Gasteiger partial charge in [0.25, 0.3) is 0 Å². The van der Waals surface area contributed by atoms with E-state index in [1.54, 1.807) is 0 Å². The van der Waals surface area contributed by atoms with Gasteiger partial charge in [-0.25, -0.2) is 0 Å². The number of hydrogen-bond donors (Lipinski definition) is 2. The molecule has 178 valence electrons. The lowest BCUT2D eigenvalue weighted by Crippen LogP contribution is -2.76. The second-order valence-corrected chi connectivity index (χ2v) is 12.0. The van der Waals surface area contributed by atoms with Crippen LogP contribution in [0.25, 0.3) is 0 Å². The Hall–Kier alpha value is -1.28. The van der Waals surface area contributed by atoms with Crippen LogP contribution >= 0.6 is 0 Å². The number of ketones is 1. The van der Waals surface area contributed by atoms with Gasteiger partial charge in [-0.1, -0.05) is 27.4 Å². The Morgan fingerprint density at radius 3 is 2.34 bits per heavy atom. The van der Waals surface area contributed by atoms with E-state index in [1.807, 2.05) is 20.8 Å². The molecule has 0 radical (unpaired) electrons. The van der Waals surface area contributed by atoms with E-state index in [4.69, 9.17) is 14.2 Å². The minimum atomic E-state index is -0.965. The Balaban J connectivity index is 1.69. The van der Waals surface area contributed by atoms with Crippen molar-refractivity contribution in [1.29, 1.82) is 0 Å². The first-order valence-electron chi connectivity index (χ1n) is 11.8. The van der Waals surface area contributed by atoms with Crippen molar-refractivity contribution in [2.24, 2.45) is 34.0 Å². The third-order valence-corrected chi connectivity index (χ3v) is 9.87. The van der Waals surface area contributed by atoms with Crippen molar-refractivity contribution in [3.8, 4) is 0 Å². The number of hydrogen-bond acceptors (Lipinski definition) is 7. The molecule has 1 aliphatic heterocycles. The van der Waals surface area contributed by atoms with Crippen LogP contribution in [0.15, 0.2) is 12.2 Å². The third kappa shape index (κ3) is 2.46. The van der Waals surface area contributed by atoms with Crippen LogP contribution in [0.4, 0.5) is 0 Å². The van der Waals surface area contributed by atoms with E-state index in [0.717, 1.165) is 0 Å². The normalized spacial score (nSPS) is 52.8. The number of carbonyl (C=O) groups is 2. The summed E-state index contributed by atoms with van der Waals surface area (Å²) in [4.78, 5) is 25.7. The Kier molecular flexibility index (Phi) is 4.53. The Morgan fingerprint density at radius 1 is 1.06 bits per heavy atom. The van der Waals surface area contributed by atoms with Crippen LogP contribution in [0, 0.1) is 34.0 Å². The molecule has 1 heterocycles. The van der Waals surface area contributed by atoms with Gasteiger partial charge in [0.05, 0.1) is 29.8 Å². The van der Waals surface area contributed by atoms with Crippen LogP contribution in [-0.2, 0) is 23.8 Å². The number of aliphatic hydroxyl groups is 2. The smallest absolute Gasteiger partial charge is 0.302 e. The second-order valence-electron chi connectivity index (χ2n) is 12.0. The number of Topliss-reactive ketones (excluding diaryl/α,β-unsaturated/α-hetero) is 1. The van der Waals surface area contributed by atoms with E-state index in [0.29, 0.717) is 24.8 Å². The first kappa shape index (κ1) is 22.5. The summed E-state index contributed by atoms with van der Waals surface area (Å²) in [6.45, 7) is 15.4. The first-order valence-corrected chi connectivity index (χ1v) is 11.8. The number of esters is 1. The third-order valence-electron chi connectivity index (χ3n) is 9.87. The lowest BCUT2D eigenvalue weighted by atomic mass is 9.38. The number of ether oxygens (including phenoxy) is 3. The van der Waals surface area contributed by atoms with E-state index < -0.39 is 58.5 Å². The highest BCUT2D eigenvalue weighted by Gasteiger charge is 2.80. The van der Waals surface area contributed by atoms with Crippen LogP contribution in [0.3, 0.4) is 0 Å². The van der Waals surface area contributed by atoms with Gasteiger partial charge in [-0.05, 0) is 44.1 Å². The standard InChI is InChI=1S/C25H36O7/c1-11-19-13(27)8-15-24(7)14(22(3,4)17(10-16(24)28)30-12(2)26)9-18-25(15,20(11)29)21(19)32-23(5,6)31-18/h13-19,21,27-28H,1,8-10H2,2-7H3/t13-,14+,15-,16-,17-,18+,19+,21+,24+,25-/m0/s1. The van der Waals surface area contributed by atoms with E-state index in [9.17, 15) is 19.8 Å². The minimum Gasteiger partial charge on any atom is -0.462 e. The van der Waals surface area contributed by atoms with Gasteiger partial charge < -0.3 is 24.4 Å². The molecule has 0 unspecified atom stereocenters. The van der Waals surface area contributed by atoms with Gasteiger partial charge in [-0.2, -0.15) is 0 Å². The maximum Gasteiger partial charge on any atom is 0.302 e. The average molecular weight is 449 g/mol. The molecule has 5 aliphatic rings. The molecule has 2 N–H and O–H groups in total. The van der Waals surface area contributed by atoms with Gasteiger partial charge in [0, 0.05) is 30.1 Å².